The Hall–Kier alpha value is -2.00. The number of nitrogens with zero attached hydrogens (tertiary/aromatic N) is 3. The minimum Gasteiger partial charge on any atom is -0.356 e. The summed E-state index contributed by atoms with van der Waals surface area (Å²) in [7, 11) is -3.64. The van der Waals surface area contributed by atoms with Crippen LogP contribution in [0.3, 0.4) is 0 Å². The summed E-state index contributed by atoms with van der Waals surface area (Å²) in [6, 6.07) is 4.66. The Labute approximate surface area is 160 Å². The first-order valence-corrected chi connectivity index (χ1v) is 11.1. The van der Waals surface area contributed by atoms with Crippen LogP contribution in [0.5, 0.6) is 0 Å². The fourth-order valence-electron chi connectivity index (χ4n) is 2.96. The van der Waals surface area contributed by atoms with Gasteiger partial charge >= 0.3 is 0 Å². The second-order valence-electron chi connectivity index (χ2n) is 6.50. The number of benzene rings is 1. The summed E-state index contributed by atoms with van der Waals surface area (Å²) in [5, 5.41) is 10.1. The summed E-state index contributed by atoms with van der Waals surface area (Å²) in [6.07, 6.45) is 2.98. The van der Waals surface area contributed by atoms with E-state index in [4.69, 9.17) is 0 Å². The van der Waals surface area contributed by atoms with E-state index in [0.717, 1.165) is 38.9 Å². The average Bonchev–Trinajstić information content (AvgIpc) is 3.12. The normalized spacial score (nSPS) is 12.0. The third kappa shape index (κ3) is 6.28. The lowest BCUT2D eigenvalue weighted by molar-refractivity contribution is -0.120. The van der Waals surface area contributed by atoms with Gasteiger partial charge in [0.05, 0.1) is 10.6 Å². The minimum absolute atomic E-state index is 0.0452. The highest BCUT2D eigenvalue weighted by Gasteiger charge is 2.21. The molecule has 0 aliphatic heterocycles. The SMILES string of the molecule is CCCN(CCC)CCCNC(=O)CCS(=O)(=O)c1cccc2nonc12. The summed E-state index contributed by atoms with van der Waals surface area (Å²) in [4.78, 5) is 14.4. The molecule has 0 unspecified atom stereocenters. The Balaban J connectivity index is 1.79. The van der Waals surface area contributed by atoms with Gasteiger partial charge in [-0.15, -0.1) is 0 Å². The molecule has 2 aromatic rings. The first kappa shape index (κ1) is 21.3. The third-order valence-electron chi connectivity index (χ3n) is 4.23. The lowest BCUT2D eigenvalue weighted by atomic mass is 10.3. The molecule has 0 radical (unpaired) electrons. The number of fused-ring (bicyclic) bond motifs is 1. The fraction of sp³-hybridized carbons (Fsp3) is 0.611. The summed E-state index contributed by atoms with van der Waals surface area (Å²) < 4.78 is 29.6. The van der Waals surface area contributed by atoms with Crippen LogP contribution in [0.2, 0.25) is 0 Å². The van der Waals surface area contributed by atoms with Crippen LogP contribution in [0.25, 0.3) is 11.0 Å². The van der Waals surface area contributed by atoms with Gasteiger partial charge < -0.3 is 10.2 Å². The van der Waals surface area contributed by atoms with Gasteiger partial charge in [-0.3, -0.25) is 4.79 Å². The lowest BCUT2D eigenvalue weighted by Crippen LogP contribution is -2.31. The number of sulfone groups is 1. The van der Waals surface area contributed by atoms with Crippen molar-refractivity contribution < 1.29 is 17.8 Å². The van der Waals surface area contributed by atoms with Crippen molar-refractivity contribution in [3.8, 4) is 0 Å². The molecule has 1 amide bonds. The van der Waals surface area contributed by atoms with E-state index < -0.39 is 9.84 Å². The number of carbonyl (C=O) groups excluding carboxylic acids is 1. The van der Waals surface area contributed by atoms with Gasteiger partial charge in [-0.25, -0.2) is 13.0 Å². The van der Waals surface area contributed by atoms with E-state index in [0.29, 0.717) is 12.1 Å². The summed E-state index contributed by atoms with van der Waals surface area (Å²) >= 11 is 0. The van der Waals surface area contributed by atoms with Crippen molar-refractivity contribution in [1.29, 1.82) is 0 Å². The second kappa shape index (κ2) is 10.4. The van der Waals surface area contributed by atoms with Crippen LogP contribution in [0, 0.1) is 0 Å². The largest absolute Gasteiger partial charge is 0.356 e. The zero-order valence-electron chi connectivity index (χ0n) is 16.0. The summed E-state index contributed by atoms with van der Waals surface area (Å²) in [5.41, 5.74) is 0.578. The molecule has 27 heavy (non-hydrogen) atoms. The Morgan fingerprint density at radius 1 is 1.15 bits per heavy atom. The fourth-order valence-corrected chi connectivity index (χ4v) is 4.35. The molecule has 0 fully saturated rings. The highest BCUT2D eigenvalue weighted by Crippen LogP contribution is 2.21. The highest BCUT2D eigenvalue weighted by molar-refractivity contribution is 7.91. The van der Waals surface area contributed by atoms with Crippen LogP contribution in [0.4, 0.5) is 0 Å². The van der Waals surface area contributed by atoms with Crippen LogP contribution in [0.1, 0.15) is 39.5 Å². The molecular weight excluding hydrogens is 368 g/mol. The van der Waals surface area contributed by atoms with Gasteiger partial charge in [-0.2, -0.15) is 0 Å². The van der Waals surface area contributed by atoms with Crippen molar-refractivity contribution >= 4 is 26.8 Å². The maximum absolute atomic E-state index is 12.5. The molecule has 1 aromatic carbocycles. The summed E-state index contributed by atoms with van der Waals surface area (Å²) in [6.45, 7) is 7.90. The molecule has 0 saturated heterocycles. The predicted octanol–water partition coefficient (Wildman–Crippen LogP) is 2.01. The Kier molecular flexibility index (Phi) is 8.18. The van der Waals surface area contributed by atoms with E-state index in [9.17, 15) is 13.2 Å². The van der Waals surface area contributed by atoms with E-state index in [1.54, 1.807) is 12.1 Å². The summed E-state index contributed by atoms with van der Waals surface area (Å²) in [5.74, 6) is -0.538. The quantitative estimate of drug-likeness (QED) is 0.547. The molecule has 0 aliphatic carbocycles. The van der Waals surface area contributed by atoms with Crippen molar-refractivity contribution in [3.05, 3.63) is 18.2 Å². The van der Waals surface area contributed by atoms with Crippen molar-refractivity contribution in [3.63, 3.8) is 0 Å². The molecule has 0 spiro atoms. The van der Waals surface area contributed by atoms with Crippen molar-refractivity contribution in [2.45, 2.75) is 44.4 Å². The van der Waals surface area contributed by atoms with E-state index in [2.05, 4.69) is 39.0 Å². The number of hydrogen-bond acceptors (Lipinski definition) is 7. The number of amides is 1. The van der Waals surface area contributed by atoms with Crippen LogP contribution in [-0.2, 0) is 14.6 Å². The molecule has 0 aliphatic rings. The number of rotatable bonds is 12. The van der Waals surface area contributed by atoms with Gasteiger partial charge in [0.25, 0.3) is 0 Å². The Morgan fingerprint density at radius 2 is 1.89 bits per heavy atom. The first-order valence-electron chi connectivity index (χ1n) is 9.41. The van der Waals surface area contributed by atoms with Gasteiger partial charge in [0.15, 0.2) is 15.4 Å². The van der Waals surface area contributed by atoms with E-state index >= 15 is 0 Å². The van der Waals surface area contributed by atoms with Crippen LogP contribution < -0.4 is 5.32 Å². The number of aromatic nitrogens is 2. The molecule has 1 heterocycles. The smallest absolute Gasteiger partial charge is 0.221 e. The van der Waals surface area contributed by atoms with Crippen molar-refractivity contribution in [2.24, 2.45) is 0 Å². The molecule has 150 valence electrons. The van der Waals surface area contributed by atoms with Gasteiger partial charge in [0, 0.05) is 13.0 Å². The molecule has 0 bridgehead atoms. The van der Waals surface area contributed by atoms with Crippen LogP contribution in [0.15, 0.2) is 27.7 Å². The standard InChI is InChI=1S/C18H28N4O4S/c1-3-11-22(12-4-2)13-6-10-19-17(23)9-14-27(24,25)16-8-5-7-15-18(16)21-26-20-15/h5,7-8H,3-4,6,9-14H2,1-2H3,(H,19,23). The van der Waals surface area contributed by atoms with Gasteiger partial charge in [0.2, 0.25) is 5.91 Å². The minimum atomic E-state index is -3.64. The zero-order valence-corrected chi connectivity index (χ0v) is 16.8. The number of nitrogens with one attached hydrogen (secondary N) is 1. The topological polar surface area (TPSA) is 105 Å². The number of carbonyl (C=O) groups is 1. The molecule has 1 N–H and O–H groups in total. The second-order valence-corrected chi connectivity index (χ2v) is 8.58. The highest BCUT2D eigenvalue weighted by atomic mass is 32.2. The van der Waals surface area contributed by atoms with Crippen molar-refractivity contribution in [1.82, 2.24) is 20.5 Å². The Morgan fingerprint density at radius 3 is 2.59 bits per heavy atom. The van der Waals surface area contributed by atoms with E-state index in [-0.39, 0.29) is 28.5 Å². The van der Waals surface area contributed by atoms with Gasteiger partial charge in [-0.05, 0) is 61.3 Å². The molecule has 8 nitrogen and oxygen atoms in total. The molecular formula is C18H28N4O4S. The average molecular weight is 397 g/mol. The maximum atomic E-state index is 12.5. The van der Waals surface area contributed by atoms with E-state index in [1.165, 1.54) is 6.07 Å². The van der Waals surface area contributed by atoms with E-state index in [1.807, 2.05) is 0 Å². The Bertz CT molecular complexity index is 829. The molecule has 0 saturated carbocycles. The van der Waals surface area contributed by atoms with Gasteiger partial charge in [-0.1, -0.05) is 19.9 Å². The van der Waals surface area contributed by atoms with Crippen LogP contribution in [-0.4, -0.2) is 61.5 Å². The number of hydrogen-bond donors (Lipinski definition) is 1. The zero-order chi connectivity index (χ0) is 19.7. The predicted molar refractivity (Wildman–Crippen MR) is 103 cm³/mol. The van der Waals surface area contributed by atoms with Crippen LogP contribution >= 0.6 is 0 Å². The van der Waals surface area contributed by atoms with Crippen molar-refractivity contribution in [2.75, 3.05) is 31.9 Å². The van der Waals surface area contributed by atoms with Gasteiger partial charge in [0.1, 0.15) is 5.52 Å². The monoisotopic (exact) mass is 396 g/mol. The maximum Gasteiger partial charge on any atom is 0.221 e. The molecule has 1 aromatic heterocycles. The molecule has 0 atom stereocenters. The first-order chi connectivity index (χ1) is 13.0. The molecule has 2 rings (SSSR count). The lowest BCUT2D eigenvalue weighted by Gasteiger charge is -2.20. The third-order valence-corrected chi connectivity index (χ3v) is 5.98. The molecule has 9 heteroatoms.